The molecular weight excluding hydrogens is 276 g/mol. The first-order valence-electron chi connectivity index (χ1n) is 9.24. The maximum absolute atomic E-state index is 2.45. The van der Waals surface area contributed by atoms with Crippen molar-refractivity contribution in [2.24, 2.45) is 5.92 Å². The van der Waals surface area contributed by atoms with Crippen LogP contribution < -0.4 is 0 Å². The van der Waals surface area contributed by atoms with E-state index >= 15 is 0 Å². The van der Waals surface area contributed by atoms with Gasteiger partial charge in [0.2, 0.25) is 0 Å². The maximum atomic E-state index is 2.45. The first-order chi connectivity index (χ1) is 10.8. The summed E-state index contributed by atoms with van der Waals surface area (Å²) < 4.78 is 0. The molecule has 0 aromatic heterocycles. The zero-order valence-corrected chi connectivity index (χ0v) is 15.9. The average molecular weight is 311 g/mol. The number of benzene rings is 1. The summed E-state index contributed by atoms with van der Waals surface area (Å²) in [7, 11) is 0. The van der Waals surface area contributed by atoms with Crippen LogP contribution in [0.5, 0.6) is 0 Å². The summed E-state index contributed by atoms with van der Waals surface area (Å²) in [5.74, 6) is 0.666. The van der Waals surface area contributed by atoms with Crippen LogP contribution in [0.3, 0.4) is 0 Å². The summed E-state index contributed by atoms with van der Waals surface area (Å²) in [6.07, 6.45) is 11.9. The van der Waals surface area contributed by atoms with Gasteiger partial charge in [-0.25, -0.2) is 0 Å². The van der Waals surface area contributed by atoms with Gasteiger partial charge in [0.05, 0.1) is 0 Å². The molecule has 0 fully saturated rings. The van der Waals surface area contributed by atoms with Crippen molar-refractivity contribution >= 4 is 0 Å². The van der Waals surface area contributed by atoms with Crippen LogP contribution in [0, 0.1) is 5.92 Å². The highest BCUT2D eigenvalue weighted by atomic mass is 14.4. The number of rotatable bonds is 5. The fourth-order valence-electron chi connectivity index (χ4n) is 3.59. The van der Waals surface area contributed by atoms with E-state index in [1.54, 1.807) is 0 Å². The zero-order valence-electron chi connectivity index (χ0n) is 15.9. The Labute approximate surface area is 143 Å². The van der Waals surface area contributed by atoms with E-state index < -0.39 is 0 Å². The Bertz CT molecular complexity index is 565. The Morgan fingerprint density at radius 3 is 2.04 bits per heavy atom. The maximum Gasteiger partial charge on any atom is -0.000956 e. The average Bonchev–Trinajstić information content (AvgIpc) is 2.54. The summed E-state index contributed by atoms with van der Waals surface area (Å²) in [6, 6.07) is 9.42. The molecule has 1 aliphatic carbocycles. The monoisotopic (exact) mass is 310 g/mol. The number of allylic oxidation sites excluding steroid dienone is 4. The van der Waals surface area contributed by atoms with Crippen molar-refractivity contribution < 1.29 is 0 Å². The van der Waals surface area contributed by atoms with Crippen molar-refractivity contribution in [2.45, 2.75) is 78.1 Å². The summed E-state index contributed by atoms with van der Waals surface area (Å²) in [6.45, 7) is 14.0. The van der Waals surface area contributed by atoms with E-state index in [0.29, 0.717) is 5.92 Å². The third-order valence-corrected chi connectivity index (χ3v) is 5.75. The Balaban J connectivity index is 2.34. The highest BCUT2D eigenvalue weighted by molar-refractivity contribution is 5.35. The zero-order chi connectivity index (χ0) is 17.1. The SMILES string of the molecule is CCC(C)C(C)(CC1=CCCC=C1)c1ccc(C(C)(C)C)cc1. The molecule has 23 heavy (non-hydrogen) atoms. The van der Waals surface area contributed by atoms with Crippen LogP contribution in [-0.2, 0) is 10.8 Å². The largest absolute Gasteiger partial charge is 0.0840 e. The predicted molar refractivity (Wildman–Crippen MR) is 103 cm³/mol. The first-order valence-corrected chi connectivity index (χ1v) is 9.24. The van der Waals surface area contributed by atoms with Gasteiger partial charge in [0.15, 0.2) is 0 Å². The lowest BCUT2D eigenvalue weighted by molar-refractivity contribution is 0.303. The van der Waals surface area contributed by atoms with Gasteiger partial charge in [0.1, 0.15) is 0 Å². The van der Waals surface area contributed by atoms with Gasteiger partial charge in [-0.1, -0.05) is 96.0 Å². The lowest BCUT2D eigenvalue weighted by atomic mass is 9.67. The van der Waals surface area contributed by atoms with Gasteiger partial charge in [-0.2, -0.15) is 0 Å². The van der Waals surface area contributed by atoms with Gasteiger partial charge in [-0.05, 0) is 47.1 Å². The molecule has 0 heterocycles. The number of hydrogen-bond acceptors (Lipinski definition) is 0. The molecule has 0 radical (unpaired) electrons. The third-order valence-electron chi connectivity index (χ3n) is 5.75. The quantitative estimate of drug-likeness (QED) is 0.551. The van der Waals surface area contributed by atoms with Crippen LogP contribution in [0.15, 0.2) is 48.1 Å². The van der Waals surface area contributed by atoms with Crippen LogP contribution in [-0.4, -0.2) is 0 Å². The fraction of sp³-hybridized carbons (Fsp3) is 0.565. The van der Waals surface area contributed by atoms with Crippen LogP contribution in [0.2, 0.25) is 0 Å². The van der Waals surface area contributed by atoms with Crippen molar-refractivity contribution in [3.63, 3.8) is 0 Å². The van der Waals surface area contributed by atoms with E-state index in [9.17, 15) is 0 Å². The molecule has 2 atom stereocenters. The fourth-order valence-corrected chi connectivity index (χ4v) is 3.59. The molecule has 0 spiro atoms. The van der Waals surface area contributed by atoms with E-state index in [4.69, 9.17) is 0 Å². The molecule has 0 heteroatoms. The molecule has 0 bridgehead atoms. The molecule has 2 unspecified atom stereocenters. The molecular formula is C23H34. The van der Waals surface area contributed by atoms with Crippen molar-refractivity contribution in [1.29, 1.82) is 0 Å². The smallest absolute Gasteiger partial charge is 0.000956 e. The van der Waals surface area contributed by atoms with Gasteiger partial charge in [-0.15, -0.1) is 0 Å². The second-order valence-electron chi connectivity index (χ2n) is 8.49. The third kappa shape index (κ3) is 4.16. The van der Waals surface area contributed by atoms with Gasteiger partial charge in [0.25, 0.3) is 0 Å². The molecule has 0 nitrogen and oxygen atoms in total. The van der Waals surface area contributed by atoms with Crippen LogP contribution in [0.4, 0.5) is 0 Å². The topological polar surface area (TPSA) is 0 Å². The van der Waals surface area contributed by atoms with Crippen LogP contribution in [0.25, 0.3) is 0 Å². The molecule has 1 aliphatic rings. The molecule has 0 N–H and O–H groups in total. The minimum Gasteiger partial charge on any atom is -0.0840 e. The molecule has 126 valence electrons. The van der Waals surface area contributed by atoms with Crippen molar-refractivity contribution in [1.82, 2.24) is 0 Å². The van der Waals surface area contributed by atoms with Gasteiger partial charge in [-0.3, -0.25) is 0 Å². The Kier molecular flexibility index (Phi) is 5.55. The van der Waals surface area contributed by atoms with E-state index in [-0.39, 0.29) is 10.8 Å². The summed E-state index contributed by atoms with van der Waals surface area (Å²) in [4.78, 5) is 0. The molecule has 2 rings (SSSR count). The van der Waals surface area contributed by atoms with Gasteiger partial charge in [0, 0.05) is 0 Å². The number of hydrogen-bond donors (Lipinski definition) is 0. The molecule has 1 aromatic carbocycles. The van der Waals surface area contributed by atoms with E-state index in [1.165, 1.54) is 36.0 Å². The Hall–Kier alpha value is -1.30. The van der Waals surface area contributed by atoms with Gasteiger partial charge >= 0.3 is 0 Å². The van der Waals surface area contributed by atoms with Crippen molar-refractivity contribution in [2.75, 3.05) is 0 Å². The minimum atomic E-state index is 0.207. The first kappa shape index (κ1) is 18.0. The second-order valence-corrected chi connectivity index (χ2v) is 8.49. The predicted octanol–water partition coefficient (Wildman–Crippen LogP) is 6.95. The summed E-state index contributed by atoms with van der Waals surface area (Å²) >= 11 is 0. The highest BCUT2D eigenvalue weighted by Crippen LogP contribution is 2.41. The molecule has 0 aliphatic heterocycles. The van der Waals surface area contributed by atoms with E-state index in [1.807, 2.05) is 0 Å². The van der Waals surface area contributed by atoms with E-state index in [2.05, 4.69) is 84.0 Å². The summed E-state index contributed by atoms with van der Waals surface area (Å²) in [5, 5.41) is 0. The highest BCUT2D eigenvalue weighted by Gasteiger charge is 2.33. The molecule has 1 aromatic rings. The van der Waals surface area contributed by atoms with Crippen molar-refractivity contribution in [3.05, 3.63) is 59.2 Å². The van der Waals surface area contributed by atoms with Crippen molar-refractivity contribution in [3.8, 4) is 0 Å². The molecule has 0 saturated carbocycles. The lowest BCUT2D eigenvalue weighted by Gasteiger charge is -2.37. The Morgan fingerprint density at radius 2 is 1.57 bits per heavy atom. The summed E-state index contributed by atoms with van der Waals surface area (Å²) in [5.41, 5.74) is 4.85. The minimum absolute atomic E-state index is 0.207. The molecule has 0 amide bonds. The van der Waals surface area contributed by atoms with Gasteiger partial charge < -0.3 is 0 Å². The standard InChI is InChI=1S/C23H34/c1-7-18(2)23(6,17-19-11-9-8-10-12-19)21-15-13-20(14-16-21)22(3,4)5/h9,11-16,18H,7-8,10,17H2,1-6H3. The van der Waals surface area contributed by atoms with Crippen LogP contribution >= 0.6 is 0 Å². The van der Waals surface area contributed by atoms with Crippen LogP contribution in [0.1, 0.15) is 78.4 Å². The van der Waals surface area contributed by atoms with E-state index in [0.717, 1.165) is 6.42 Å². The lowest BCUT2D eigenvalue weighted by Crippen LogP contribution is -2.31. The Morgan fingerprint density at radius 1 is 0.957 bits per heavy atom. The molecule has 0 saturated heterocycles. The normalized spacial score (nSPS) is 19.1. The second kappa shape index (κ2) is 7.07.